The van der Waals surface area contributed by atoms with E-state index >= 15 is 0 Å². The Morgan fingerprint density at radius 1 is 1.36 bits per heavy atom. The molecule has 0 aliphatic carbocycles. The van der Waals surface area contributed by atoms with E-state index in [4.69, 9.17) is 0 Å². The molecule has 1 unspecified atom stereocenters. The van der Waals surface area contributed by atoms with Crippen LogP contribution in [0.5, 0.6) is 0 Å². The lowest BCUT2D eigenvalue weighted by molar-refractivity contribution is 0.887. The Labute approximate surface area is 72.6 Å². The predicted octanol–water partition coefficient (Wildman–Crippen LogP) is 2.92. The molecule has 1 fully saturated rings. The molecule has 1 saturated heterocycles. The number of rotatable bonds is 1. The number of nitrogens with zero attached hydrogens (tertiary/aromatic N) is 1. The fraction of sp³-hybridized carbons (Fsp3) is 1.00. The Kier molecular flexibility index (Phi) is 2.81. The van der Waals surface area contributed by atoms with Gasteiger partial charge in [-0.1, -0.05) is 32.5 Å². The summed E-state index contributed by atoms with van der Waals surface area (Å²) >= 11 is 0. The van der Waals surface area contributed by atoms with Crippen LogP contribution in [0, 0.1) is 0 Å². The average molecular weight is 185 g/mol. The largest absolute Gasteiger partial charge is 0.340 e. The molecule has 0 bridgehead atoms. The summed E-state index contributed by atoms with van der Waals surface area (Å²) in [6.45, 7) is 7.50. The van der Waals surface area contributed by atoms with Crippen molar-refractivity contribution in [3.8, 4) is 0 Å². The van der Waals surface area contributed by atoms with E-state index in [9.17, 15) is 0 Å². The van der Waals surface area contributed by atoms with Gasteiger partial charge in [-0.05, 0) is 11.2 Å². The fourth-order valence-corrected chi connectivity index (χ4v) is 9.91. The fourth-order valence-electron chi connectivity index (χ4n) is 2.03. The van der Waals surface area contributed by atoms with Crippen LogP contribution >= 0.6 is 0 Å². The Morgan fingerprint density at radius 3 is 2.36 bits per heavy atom. The maximum atomic E-state index is 4.57. The molecule has 0 radical (unpaired) electrons. The van der Waals surface area contributed by atoms with Crippen LogP contribution in [0.2, 0.25) is 30.8 Å². The summed E-state index contributed by atoms with van der Waals surface area (Å²) in [4.78, 5) is 0. The first-order valence-corrected chi connectivity index (χ1v) is 9.82. The van der Waals surface area contributed by atoms with Gasteiger partial charge >= 0.3 is 0 Å². The summed E-state index contributed by atoms with van der Waals surface area (Å²) in [6.07, 6.45) is 2.95. The molecule has 0 aromatic carbocycles. The minimum atomic E-state index is -0.857. The van der Waals surface area contributed by atoms with Crippen molar-refractivity contribution >= 4 is 16.7 Å². The first kappa shape index (κ1) is 9.32. The van der Waals surface area contributed by atoms with E-state index in [0.717, 1.165) is 5.16 Å². The van der Waals surface area contributed by atoms with E-state index in [2.05, 4.69) is 24.3 Å². The van der Waals surface area contributed by atoms with E-state index < -0.39 is 8.07 Å². The summed E-state index contributed by atoms with van der Waals surface area (Å²) in [5.41, 5.74) is 0. The highest BCUT2D eigenvalue weighted by Crippen LogP contribution is 2.35. The van der Waals surface area contributed by atoms with Gasteiger partial charge in [-0.3, -0.25) is 0 Å². The van der Waals surface area contributed by atoms with Gasteiger partial charge in [-0.2, -0.15) is 0 Å². The Hall–Kier alpha value is 0.234. The predicted molar refractivity (Wildman–Crippen MR) is 55.2 cm³/mol. The van der Waals surface area contributed by atoms with Crippen molar-refractivity contribution in [1.29, 1.82) is 0 Å². The molecule has 1 aliphatic rings. The van der Waals surface area contributed by atoms with Crippen LogP contribution in [-0.2, 0) is 0 Å². The van der Waals surface area contributed by atoms with Gasteiger partial charge in [0.1, 0.15) is 8.59 Å². The lowest BCUT2D eigenvalue weighted by atomic mass is 10.4. The normalized spacial score (nSPS) is 29.8. The summed E-state index contributed by atoms with van der Waals surface area (Å²) in [7, 11) is 0.917. The highest BCUT2D eigenvalue weighted by Gasteiger charge is 2.34. The minimum absolute atomic E-state index is 0.261. The van der Waals surface area contributed by atoms with E-state index in [1.54, 1.807) is 0 Å². The SMILES string of the molecule is CN=[Si]1CCCC1[Si](C)(C)C. The molecule has 0 spiro atoms. The Morgan fingerprint density at radius 2 is 2.00 bits per heavy atom. The highest BCUT2D eigenvalue weighted by molar-refractivity contribution is 6.87. The van der Waals surface area contributed by atoms with Gasteiger partial charge in [0.2, 0.25) is 0 Å². The van der Waals surface area contributed by atoms with Crippen molar-refractivity contribution in [3.63, 3.8) is 0 Å². The van der Waals surface area contributed by atoms with Crippen LogP contribution in [-0.4, -0.2) is 23.7 Å². The summed E-state index contributed by atoms with van der Waals surface area (Å²) in [6, 6.07) is 1.45. The summed E-state index contributed by atoms with van der Waals surface area (Å²) in [5, 5.41) is 1.07. The molecular weight excluding hydrogens is 166 g/mol. The van der Waals surface area contributed by atoms with Crippen LogP contribution < -0.4 is 0 Å². The molecule has 1 atom stereocenters. The lowest BCUT2D eigenvalue weighted by Crippen LogP contribution is -2.31. The molecule has 0 aromatic heterocycles. The topological polar surface area (TPSA) is 12.4 Å². The van der Waals surface area contributed by atoms with Crippen molar-refractivity contribution in [3.05, 3.63) is 0 Å². The molecule has 0 N–H and O–H groups in total. The average Bonchev–Trinajstić information content (AvgIpc) is 2.31. The van der Waals surface area contributed by atoms with Crippen molar-refractivity contribution in [2.75, 3.05) is 7.05 Å². The first-order chi connectivity index (χ1) is 5.05. The van der Waals surface area contributed by atoms with Crippen molar-refractivity contribution in [1.82, 2.24) is 0 Å². The van der Waals surface area contributed by atoms with Crippen LogP contribution in [0.1, 0.15) is 12.8 Å². The highest BCUT2D eigenvalue weighted by atomic mass is 28.4. The van der Waals surface area contributed by atoms with Crippen LogP contribution in [0.15, 0.2) is 4.63 Å². The zero-order valence-electron chi connectivity index (χ0n) is 8.15. The molecule has 0 saturated carbocycles. The third-order valence-electron chi connectivity index (χ3n) is 2.66. The molecule has 1 nitrogen and oxygen atoms in total. The smallest absolute Gasteiger partial charge is 0.121 e. The zero-order valence-corrected chi connectivity index (χ0v) is 10.1. The molecule has 0 amide bonds. The molecule has 3 heteroatoms. The van der Waals surface area contributed by atoms with Gasteiger partial charge in [0, 0.05) is 15.1 Å². The maximum absolute atomic E-state index is 4.57. The number of hydrogen-bond acceptors (Lipinski definition) is 1. The molecule has 1 heterocycles. The second kappa shape index (κ2) is 3.31. The van der Waals surface area contributed by atoms with Gasteiger partial charge < -0.3 is 4.63 Å². The molecule has 0 aromatic rings. The Bertz CT molecular complexity index is 169. The lowest BCUT2D eigenvalue weighted by Gasteiger charge is -2.24. The molecule has 1 rings (SSSR count). The van der Waals surface area contributed by atoms with E-state index in [1.165, 1.54) is 18.9 Å². The van der Waals surface area contributed by atoms with Gasteiger partial charge in [-0.15, -0.1) is 0 Å². The molecule has 11 heavy (non-hydrogen) atoms. The first-order valence-electron chi connectivity index (χ1n) is 4.51. The Balaban J connectivity index is 2.72. The third-order valence-corrected chi connectivity index (χ3v) is 11.2. The van der Waals surface area contributed by atoms with Crippen molar-refractivity contribution < 1.29 is 0 Å². The third kappa shape index (κ3) is 2.09. The van der Waals surface area contributed by atoms with Gasteiger partial charge in [0.25, 0.3) is 0 Å². The maximum Gasteiger partial charge on any atom is 0.121 e. The van der Waals surface area contributed by atoms with Gasteiger partial charge in [-0.25, -0.2) is 0 Å². The van der Waals surface area contributed by atoms with Crippen LogP contribution in [0.4, 0.5) is 0 Å². The van der Waals surface area contributed by atoms with E-state index in [1.807, 2.05) is 7.05 Å². The zero-order chi connectivity index (χ0) is 8.48. The van der Waals surface area contributed by atoms with E-state index in [0.29, 0.717) is 0 Å². The number of hydrogen-bond donors (Lipinski definition) is 0. The quantitative estimate of drug-likeness (QED) is 0.557. The van der Waals surface area contributed by atoms with Crippen molar-refractivity contribution in [2.45, 2.75) is 43.7 Å². The standard InChI is InChI=1S/C8H19NSi2/c1-9-10-7-5-6-8(10)11(2,3)4/h8H,5-7H2,1-4H3. The molecule has 64 valence electrons. The van der Waals surface area contributed by atoms with Crippen LogP contribution in [0.3, 0.4) is 0 Å². The van der Waals surface area contributed by atoms with E-state index in [-0.39, 0.29) is 8.59 Å². The molecule has 1 aliphatic heterocycles. The monoisotopic (exact) mass is 185 g/mol. The second-order valence-electron chi connectivity index (χ2n) is 4.53. The summed E-state index contributed by atoms with van der Waals surface area (Å²) < 4.78 is 4.57. The molecular formula is C8H19NSi2. The van der Waals surface area contributed by atoms with Gasteiger partial charge in [0.05, 0.1) is 0 Å². The van der Waals surface area contributed by atoms with Gasteiger partial charge in [0.15, 0.2) is 0 Å². The van der Waals surface area contributed by atoms with Crippen molar-refractivity contribution in [2.24, 2.45) is 4.63 Å². The summed E-state index contributed by atoms with van der Waals surface area (Å²) in [5.74, 6) is 0. The second-order valence-corrected chi connectivity index (χ2v) is 13.2. The minimum Gasteiger partial charge on any atom is -0.340 e. The van der Waals surface area contributed by atoms with Crippen LogP contribution in [0.25, 0.3) is 0 Å².